The first-order valence-corrected chi connectivity index (χ1v) is 7.33. The summed E-state index contributed by atoms with van der Waals surface area (Å²) in [4.78, 5) is 0. The molecule has 112 valence electrons. The number of aryl methyl sites for hydroxylation is 1. The van der Waals surface area contributed by atoms with Gasteiger partial charge in [0.2, 0.25) is 0 Å². The molecule has 0 spiro atoms. The third kappa shape index (κ3) is 3.26. The number of hydrogen-bond acceptors (Lipinski definition) is 3. The number of methoxy groups -OCH3 is 1. The molecule has 1 atom stereocenters. The molecule has 0 aliphatic rings. The van der Waals surface area contributed by atoms with E-state index in [1.807, 2.05) is 32.0 Å². The first kappa shape index (κ1) is 15.9. The third-order valence-electron chi connectivity index (χ3n) is 3.61. The highest BCUT2D eigenvalue weighted by Crippen LogP contribution is 2.34. The molecule has 0 radical (unpaired) electrons. The summed E-state index contributed by atoms with van der Waals surface area (Å²) in [5, 5.41) is 0. The van der Waals surface area contributed by atoms with Crippen LogP contribution in [0, 0.1) is 19.7 Å². The van der Waals surface area contributed by atoms with Crippen LogP contribution in [0.3, 0.4) is 0 Å². The van der Waals surface area contributed by atoms with E-state index in [0.717, 1.165) is 28.0 Å². The Morgan fingerprint density at radius 1 is 1.24 bits per heavy atom. The lowest BCUT2D eigenvalue weighted by Gasteiger charge is -2.22. The highest BCUT2D eigenvalue weighted by Gasteiger charge is 2.20. The zero-order valence-electron chi connectivity index (χ0n) is 12.2. The molecule has 0 aliphatic carbocycles. The average Bonchev–Trinajstić information content (AvgIpc) is 2.43. The first-order chi connectivity index (χ1) is 9.97. The summed E-state index contributed by atoms with van der Waals surface area (Å²) in [7, 11) is 1.63. The maximum Gasteiger partial charge on any atom is 0.127 e. The van der Waals surface area contributed by atoms with Crippen molar-refractivity contribution in [3.63, 3.8) is 0 Å². The van der Waals surface area contributed by atoms with Gasteiger partial charge in [-0.05, 0) is 48.7 Å². The third-order valence-corrected chi connectivity index (χ3v) is 4.07. The van der Waals surface area contributed by atoms with Gasteiger partial charge in [-0.1, -0.05) is 28.1 Å². The molecule has 0 fully saturated rings. The Hall–Kier alpha value is -1.43. The van der Waals surface area contributed by atoms with Crippen molar-refractivity contribution in [3.05, 3.63) is 62.9 Å². The van der Waals surface area contributed by atoms with E-state index in [9.17, 15) is 4.39 Å². The van der Waals surface area contributed by atoms with Gasteiger partial charge in [0.05, 0.1) is 13.2 Å². The summed E-state index contributed by atoms with van der Waals surface area (Å²) in [5.41, 5.74) is 6.52. The van der Waals surface area contributed by atoms with Crippen molar-refractivity contribution in [1.82, 2.24) is 5.43 Å². The van der Waals surface area contributed by atoms with Crippen molar-refractivity contribution in [2.75, 3.05) is 7.11 Å². The fraction of sp³-hybridized carbons (Fsp3) is 0.250. The monoisotopic (exact) mass is 352 g/mol. The smallest absolute Gasteiger partial charge is 0.127 e. The molecule has 1 unspecified atom stereocenters. The SMILES string of the molecule is COc1c(C(NN)c2cc(F)cc(Br)c2)ccc(C)c1C. The summed E-state index contributed by atoms with van der Waals surface area (Å²) >= 11 is 3.30. The Balaban J connectivity index is 2.59. The second-order valence-corrected chi connectivity index (χ2v) is 5.85. The van der Waals surface area contributed by atoms with Gasteiger partial charge in [0, 0.05) is 10.0 Å². The van der Waals surface area contributed by atoms with E-state index in [-0.39, 0.29) is 11.9 Å². The highest BCUT2D eigenvalue weighted by molar-refractivity contribution is 9.10. The standard InChI is InChI=1S/C16H18BrFN2O/c1-9-4-5-14(16(21-3)10(9)2)15(20-19)11-6-12(17)8-13(18)7-11/h4-8,15,20H,19H2,1-3H3. The molecule has 0 bridgehead atoms. The molecule has 0 saturated heterocycles. The number of rotatable bonds is 4. The van der Waals surface area contributed by atoms with E-state index in [0.29, 0.717) is 4.47 Å². The zero-order chi connectivity index (χ0) is 15.6. The summed E-state index contributed by atoms with van der Waals surface area (Å²) in [6.45, 7) is 4.01. The van der Waals surface area contributed by atoms with Gasteiger partial charge in [0.1, 0.15) is 11.6 Å². The fourth-order valence-electron chi connectivity index (χ4n) is 2.42. The summed E-state index contributed by atoms with van der Waals surface area (Å²) in [5.74, 6) is 6.15. The van der Waals surface area contributed by atoms with E-state index >= 15 is 0 Å². The molecule has 0 saturated carbocycles. The van der Waals surface area contributed by atoms with E-state index in [1.165, 1.54) is 12.1 Å². The van der Waals surface area contributed by atoms with Crippen LogP contribution in [-0.4, -0.2) is 7.11 Å². The van der Waals surface area contributed by atoms with Crippen LogP contribution >= 0.6 is 15.9 Å². The van der Waals surface area contributed by atoms with Crippen LogP contribution in [-0.2, 0) is 0 Å². The van der Waals surface area contributed by atoms with E-state index in [1.54, 1.807) is 7.11 Å². The number of halogens is 2. The van der Waals surface area contributed by atoms with Crippen molar-refractivity contribution in [2.45, 2.75) is 19.9 Å². The van der Waals surface area contributed by atoms with Gasteiger partial charge in [-0.2, -0.15) is 0 Å². The predicted octanol–water partition coefficient (Wildman–Crippen LogP) is 3.77. The van der Waals surface area contributed by atoms with E-state index in [4.69, 9.17) is 10.6 Å². The van der Waals surface area contributed by atoms with Gasteiger partial charge in [-0.3, -0.25) is 5.84 Å². The number of hydrazine groups is 1. The zero-order valence-corrected chi connectivity index (χ0v) is 13.8. The van der Waals surface area contributed by atoms with Crippen LogP contribution in [0.1, 0.15) is 28.3 Å². The molecule has 0 heterocycles. The second kappa shape index (κ2) is 6.56. The van der Waals surface area contributed by atoms with Crippen molar-refractivity contribution >= 4 is 15.9 Å². The maximum atomic E-state index is 13.6. The molecule has 3 nitrogen and oxygen atoms in total. The first-order valence-electron chi connectivity index (χ1n) is 6.54. The number of hydrogen-bond donors (Lipinski definition) is 2. The number of nitrogens with one attached hydrogen (secondary N) is 1. The maximum absolute atomic E-state index is 13.6. The molecule has 3 N–H and O–H groups in total. The van der Waals surface area contributed by atoms with Gasteiger partial charge < -0.3 is 4.74 Å². The molecular formula is C16H18BrFN2O. The quantitative estimate of drug-likeness (QED) is 0.650. The molecule has 2 aromatic carbocycles. The van der Waals surface area contributed by atoms with Crippen LogP contribution in [0.5, 0.6) is 5.75 Å². The Labute approximate surface area is 132 Å². The predicted molar refractivity (Wildman–Crippen MR) is 85.7 cm³/mol. The van der Waals surface area contributed by atoms with E-state index in [2.05, 4.69) is 21.4 Å². The Bertz CT molecular complexity index is 641. The van der Waals surface area contributed by atoms with Gasteiger partial charge in [-0.15, -0.1) is 0 Å². The number of nitrogens with two attached hydrogens (primary N) is 1. The van der Waals surface area contributed by atoms with Crippen LogP contribution in [0.15, 0.2) is 34.8 Å². The molecule has 2 aromatic rings. The largest absolute Gasteiger partial charge is 0.496 e. The Morgan fingerprint density at radius 3 is 2.52 bits per heavy atom. The van der Waals surface area contributed by atoms with Gasteiger partial charge in [0.25, 0.3) is 0 Å². The summed E-state index contributed by atoms with van der Waals surface area (Å²) in [6.07, 6.45) is 0. The molecular weight excluding hydrogens is 335 g/mol. The van der Waals surface area contributed by atoms with Gasteiger partial charge in [0.15, 0.2) is 0 Å². The van der Waals surface area contributed by atoms with Crippen molar-refractivity contribution < 1.29 is 9.13 Å². The highest BCUT2D eigenvalue weighted by atomic mass is 79.9. The van der Waals surface area contributed by atoms with Crippen LogP contribution in [0.4, 0.5) is 4.39 Å². The number of ether oxygens (including phenoxy) is 1. The molecule has 0 amide bonds. The number of benzene rings is 2. The lowest BCUT2D eigenvalue weighted by Crippen LogP contribution is -2.29. The minimum Gasteiger partial charge on any atom is -0.496 e. The Kier molecular flexibility index (Phi) is 4.98. The second-order valence-electron chi connectivity index (χ2n) is 4.93. The minimum atomic E-state index is -0.355. The van der Waals surface area contributed by atoms with Crippen molar-refractivity contribution in [1.29, 1.82) is 0 Å². The van der Waals surface area contributed by atoms with Crippen molar-refractivity contribution in [3.8, 4) is 5.75 Å². The molecule has 2 rings (SSSR count). The van der Waals surface area contributed by atoms with Crippen molar-refractivity contribution in [2.24, 2.45) is 5.84 Å². The van der Waals surface area contributed by atoms with Crippen LogP contribution < -0.4 is 16.0 Å². The van der Waals surface area contributed by atoms with Gasteiger partial charge in [-0.25, -0.2) is 9.82 Å². The van der Waals surface area contributed by atoms with Crippen LogP contribution in [0.2, 0.25) is 0 Å². The Morgan fingerprint density at radius 2 is 1.95 bits per heavy atom. The van der Waals surface area contributed by atoms with Gasteiger partial charge >= 0.3 is 0 Å². The normalized spacial score (nSPS) is 12.3. The summed E-state index contributed by atoms with van der Waals surface area (Å²) < 4.78 is 19.8. The topological polar surface area (TPSA) is 47.3 Å². The lowest BCUT2D eigenvalue weighted by molar-refractivity contribution is 0.400. The summed E-state index contributed by atoms with van der Waals surface area (Å²) in [6, 6.07) is 8.31. The minimum absolute atomic E-state index is 0.317. The molecule has 5 heteroatoms. The fourth-order valence-corrected chi connectivity index (χ4v) is 2.90. The molecule has 0 aliphatic heterocycles. The van der Waals surface area contributed by atoms with Crippen LogP contribution in [0.25, 0.3) is 0 Å². The average molecular weight is 353 g/mol. The molecule has 21 heavy (non-hydrogen) atoms. The lowest BCUT2D eigenvalue weighted by atomic mass is 9.94. The van der Waals surface area contributed by atoms with E-state index < -0.39 is 0 Å². The molecule has 0 aromatic heterocycles.